The second-order valence-corrected chi connectivity index (χ2v) is 6.93. The van der Waals surface area contributed by atoms with Crippen LogP contribution in [-0.4, -0.2) is 41.2 Å². The summed E-state index contributed by atoms with van der Waals surface area (Å²) in [6.45, 7) is 13.2. The van der Waals surface area contributed by atoms with Gasteiger partial charge in [0.2, 0.25) is 0 Å². The summed E-state index contributed by atoms with van der Waals surface area (Å²) in [5.74, 6) is 0. The molecule has 0 aromatic carbocycles. The summed E-state index contributed by atoms with van der Waals surface area (Å²) in [5, 5.41) is 3.40. The lowest BCUT2D eigenvalue weighted by molar-refractivity contribution is 0.0708. The van der Waals surface area contributed by atoms with Crippen LogP contribution in [0.25, 0.3) is 0 Å². The third kappa shape index (κ3) is 7.89. The molecule has 0 atom stereocenters. The molecule has 0 fully saturated rings. The summed E-state index contributed by atoms with van der Waals surface area (Å²) in [4.78, 5) is 0. The zero-order valence-electron chi connectivity index (χ0n) is 12.0. The monoisotopic (exact) mass is 263 g/mol. The van der Waals surface area contributed by atoms with Crippen molar-refractivity contribution >= 4 is 8.80 Å². The largest absolute Gasteiger partial charge is 0.500 e. The van der Waals surface area contributed by atoms with Gasteiger partial charge in [-0.1, -0.05) is 13.8 Å². The molecule has 0 saturated heterocycles. The van der Waals surface area contributed by atoms with Gasteiger partial charge in [0.15, 0.2) is 0 Å². The highest BCUT2D eigenvalue weighted by Gasteiger charge is 2.39. The number of hydrogen-bond donors (Lipinski definition) is 1. The fraction of sp³-hybridized carbons (Fsp3) is 1.00. The Kier molecular flexibility index (Phi) is 10.1. The zero-order chi connectivity index (χ0) is 13.1. The Morgan fingerprint density at radius 3 is 1.76 bits per heavy atom. The van der Waals surface area contributed by atoms with E-state index in [9.17, 15) is 0 Å². The molecule has 1 N–H and O–H groups in total. The minimum atomic E-state index is -2.41. The normalized spacial score (nSPS) is 12.4. The van der Waals surface area contributed by atoms with Gasteiger partial charge in [-0.15, -0.1) is 0 Å². The SMILES string of the molecule is CCO[Si](CCCNC(C)C)(OCC)OCC. The van der Waals surface area contributed by atoms with Crippen LogP contribution >= 0.6 is 0 Å². The quantitative estimate of drug-likeness (QED) is 0.459. The lowest BCUT2D eigenvalue weighted by atomic mass is 10.4. The lowest BCUT2D eigenvalue weighted by Gasteiger charge is -2.28. The first-order chi connectivity index (χ1) is 8.10. The van der Waals surface area contributed by atoms with E-state index >= 15 is 0 Å². The summed E-state index contributed by atoms with van der Waals surface area (Å²) in [7, 11) is -2.41. The van der Waals surface area contributed by atoms with Gasteiger partial charge in [-0.2, -0.15) is 0 Å². The van der Waals surface area contributed by atoms with Crippen molar-refractivity contribution in [3.8, 4) is 0 Å². The van der Waals surface area contributed by atoms with Crippen LogP contribution in [-0.2, 0) is 13.3 Å². The first-order valence-electron chi connectivity index (χ1n) is 6.75. The van der Waals surface area contributed by atoms with E-state index in [1.54, 1.807) is 0 Å². The zero-order valence-corrected chi connectivity index (χ0v) is 13.0. The standard InChI is InChI=1S/C12H29NO3Si/c1-6-14-17(15-7-2,16-8-3)11-9-10-13-12(4)5/h12-13H,6-11H2,1-5H3. The van der Waals surface area contributed by atoms with Crippen LogP contribution in [0, 0.1) is 0 Å². The molecule has 17 heavy (non-hydrogen) atoms. The fourth-order valence-electron chi connectivity index (χ4n) is 1.70. The highest BCUT2D eigenvalue weighted by atomic mass is 28.4. The van der Waals surface area contributed by atoms with Crippen LogP contribution in [0.2, 0.25) is 6.04 Å². The summed E-state index contributed by atoms with van der Waals surface area (Å²) in [6, 6.07) is 1.42. The van der Waals surface area contributed by atoms with E-state index < -0.39 is 8.80 Å². The summed E-state index contributed by atoms with van der Waals surface area (Å²) in [6.07, 6.45) is 1.03. The average molecular weight is 263 g/mol. The van der Waals surface area contributed by atoms with Crippen molar-refractivity contribution in [1.29, 1.82) is 0 Å². The Balaban J connectivity index is 4.14. The van der Waals surface area contributed by atoms with Crippen LogP contribution in [0.15, 0.2) is 0 Å². The van der Waals surface area contributed by atoms with E-state index in [-0.39, 0.29) is 0 Å². The minimum absolute atomic E-state index is 0.525. The van der Waals surface area contributed by atoms with E-state index in [4.69, 9.17) is 13.3 Å². The molecule has 0 aromatic rings. The van der Waals surface area contributed by atoms with Crippen LogP contribution < -0.4 is 5.32 Å². The Labute approximate surface area is 107 Å². The molecular weight excluding hydrogens is 234 g/mol. The van der Waals surface area contributed by atoms with Crippen molar-refractivity contribution in [3.05, 3.63) is 0 Å². The molecule has 0 unspecified atom stereocenters. The molecule has 0 radical (unpaired) electrons. The van der Waals surface area contributed by atoms with Gasteiger partial charge in [-0.05, 0) is 33.7 Å². The van der Waals surface area contributed by atoms with Gasteiger partial charge in [0.25, 0.3) is 0 Å². The number of hydrogen-bond acceptors (Lipinski definition) is 4. The van der Waals surface area contributed by atoms with Gasteiger partial charge in [0, 0.05) is 31.9 Å². The fourth-order valence-corrected chi connectivity index (χ4v) is 4.31. The topological polar surface area (TPSA) is 39.7 Å². The molecule has 0 amide bonds. The Hall–Kier alpha value is 0.0569. The van der Waals surface area contributed by atoms with Crippen molar-refractivity contribution in [2.45, 2.75) is 53.1 Å². The molecule has 0 aliphatic carbocycles. The molecule has 0 aliphatic rings. The molecule has 5 heteroatoms. The van der Waals surface area contributed by atoms with Gasteiger partial charge < -0.3 is 18.6 Å². The van der Waals surface area contributed by atoms with E-state index in [0.29, 0.717) is 25.9 Å². The second-order valence-electron chi connectivity index (χ2n) is 4.19. The molecule has 104 valence electrons. The third-order valence-electron chi connectivity index (χ3n) is 2.31. The van der Waals surface area contributed by atoms with Gasteiger partial charge in [-0.3, -0.25) is 0 Å². The van der Waals surface area contributed by atoms with Crippen LogP contribution in [0.4, 0.5) is 0 Å². The number of nitrogens with one attached hydrogen (secondary N) is 1. The van der Waals surface area contributed by atoms with Crippen molar-refractivity contribution in [3.63, 3.8) is 0 Å². The van der Waals surface area contributed by atoms with Crippen molar-refractivity contribution in [2.75, 3.05) is 26.4 Å². The van der Waals surface area contributed by atoms with Crippen LogP contribution in [0.5, 0.6) is 0 Å². The lowest BCUT2D eigenvalue weighted by Crippen LogP contribution is -2.46. The molecule has 0 heterocycles. The van der Waals surface area contributed by atoms with Crippen molar-refractivity contribution in [1.82, 2.24) is 5.32 Å². The van der Waals surface area contributed by atoms with Gasteiger partial charge >= 0.3 is 8.80 Å². The summed E-state index contributed by atoms with van der Waals surface area (Å²) in [5.41, 5.74) is 0. The smallest absolute Gasteiger partial charge is 0.374 e. The first kappa shape index (κ1) is 17.1. The van der Waals surface area contributed by atoms with Crippen molar-refractivity contribution < 1.29 is 13.3 Å². The molecule has 4 nitrogen and oxygen atoms in total. The molecule has 0 spiro atoms. The van der Waals surface area contributed by atoms with Gasteiger partial charge in [0.1, 0.15) is 0 Å². The second kappa shape index (κ2) is 10.0. The van der Waals surface area contributed by atoms with Crippen LogP contribution in [0.3, 0.4) is 0 Å². The molecule has 0 saturated carbocycles. The summed E-state index contributed by atoms with van der Waals surface area (Å²) < 4.78 is 17.4. The van der Waals surface area contributed by atoms with Crippen molar-refractivity contribution in [2.24, 2.45) is 0 Å². The molecule has 0 bridgehead atoms. The van der Waals surface area contributed by atoms with E-state index in [1.807, 2.05) is 20.8 Å². The molecule has 0 rings (SSSR count). The molecular formula is C12H29NO3Si. The first-order valence-corrected chi connectivity index (χ1v) is 8.68. The molecule has 0 aromatic heterocycles. The maximum Gasteiger partial charge on any atom is 0.500 e. The highest BCUT2D eigenvalue weighted by Crippen LogP contribution is 2.17. The predicted octanol–water partition coefficient (Wildman–Crippen LogP) is 2.42. The third-order valence-corrected chi connectivity index (χ3v) is 5.46. The Bertz CT molecular complexity index is 162. The predicted molar refractivity (Wildman–Crippen MR) is 73.2 cm³/mol. The Morgan fingerprint density at radius 2 is 1.41 bits per heavy atom. The van der Waals surface area contributed by atoms with Crippen LogP contribution in [0.1, 0.15) is 41.0 Å². The highest BCUT2D eigenvalue weighted by molar-refractivity contribution is 6.60. The summed E-state index contributed by atoms with van der Waals surface area (Å²) >= 11 is 0. The van der Waals surface area contributed by atoms with E-state index in [2.05, 4.69) is 19.2 Å². The Morgan fingerprint density at radius 1 is 0.941 bits per heavy atom. The average Bonchev–Trinajstić information content (AvgIpc) is 2.25. The van der Waals surface area contributed by atoms with E-state index in [1.165, 1.54) is 0 Å². The van der Waals surface area contributed by atoms with Gasteiger partial charge in [-0.25, -0.2) is 0 Å². The van der Waals surface area contributed by atoms with Gasteiger partial charge in [0.05, 0.1) is 0 Å². The maximum absolute atomic E-state index is 5.78. The number of rotatable bonds is 11. The minimum Gasteiger partial charge on any atom is -0.374 e. The molecule has 0 aliphatic heterocycles. The maximum atomic E-state index is 5.78. The van der Waals surface area contributed by atoms with E-state index in [0.717, 1.165) is 19.0 Å².